The van der Waals surface area contributed by atoms with Crippen molar-refractivity contribution in [3.05, 3.63) is 23.5 Å². The molecule has 0 radical (unpaired) electrons. The third kappa shape index (κ3) is 2.67. The average Bonchev–Trinajstić information content (AvgIpc) is 2.28. The Morgan fingerprint density at radius 1 is 1.31 bits per heavy atom. The normalized spacial score (nSPS) is 30.1. The molecule has 0 aliphatic heterocycles. The molecule has 0 aromatic carbocycles. The molecule has 1 aromatic rings. The van der Waals surface area contributed by atoms with Crippen molar-refractivity contribution >= 4 is 17.3 Å². The minimum absolute atomic E-state index is 0.551. The highest BCUT2D eigenvalue weighted by Crippen LogP contribution is 2.31. The van der Waals surface area contributed by atoms with Crippen molar-refractivity contribution in [2.24, 2.45) is 11.8 Å². The zero-order valence-corrected chi connectivity index (χ0v) is 10.7. The fourth-order valence-corrected chi connectivity index (χ4v) is 2.57. The number of aromatic nitrogens is 1. The van der Waals surface area contributed by atoms with Crippen LogP contribution in [0.25, 0.3) is 0 Å². The highest BCUT2D eigenvalue weighted by molar-refractivity contribution is 6.29. The first-order chi connectivity index (χ1) is 7.66. The van der Waals surface area contributed by atoms with Crippen molar-refractivity contribution < 1.29 is 0 Å². The molecule has 2 rings (SSSR count). The number of anilines is 1. The second kappa shape index (κ2) is 5.05. The van der Waals surface area contributed by atoms with E-state index in [-0.39, 0.29) is 0 Å². The molecular formula is C13H19ClN2. The predicted molar refractivity (Wildman–Crippen MR) is 68.8 cm³/mol. The van der Waals surface area contributed by atoms with Gasteiger partial charge in [0.15, 0.2) is 0 Å². The Balaban J connectivity index is 2.00. The van der Waals surface area contributed by atoms with Crippen LogP contribution in [0.5, 0.6) is 0 Å². The molecule has 1 aromatic heterocycles. The van der Waals surface area contributed by atoms with Crippen molar-refractivity contribution in [1.29, 1.82) is 0 Å². The van der Waals surface area contributed by atoms with Crippen LogP contribution in [0.3, 0.4) is 0 Å². The van der Waals surface area contributed by atoms with Gasteiger partial charge < -0.3 is 5.32 Å². The van der Waals surface area contributed by atoms with Gasteiger partial charge in [-0.05, 0) is 30.4 Å². The number of nitrogens with zero attached hydrogens (tertiary/aromatic N) is 1. The molecule has 1 aliphatic carbocycles. The van der Waals surface area contributed by atoms with Gasteiger partial charge in [0, 0.05) is 6.04 Å². The number of hydrogen-bond acceptors (Lipinski definition) is 2. The molecule has 0 saturated heterocycles. The first-order valence-electron chi connectivity index (χ1n) is 6.05. The third-order valence-electron chi connectivity index (χ3n) is 3.79. The smallest absolute Gasteiger partial charge is 0.129 e. The highest BCUT2D eigenvalue weighted by atomic mass is 35.5. The SMILES string of the molecule is CC1CCCC(Nc2ccc(Cl)nc2)C1C. The molecule has 3 unspecified atom stereocenters. The summed E-state index contributed by atoms with van der Waals surface area (Å²) in [5.41, 5.74) is 1.08. The number of halogens is 1. The summed E-state index contributed by atoms with van der Waals surface area (Å²) in [6.45, 7) is 4.68. The monoisotopic (exact) mass is 238 g/mol. The molecule has 1 fully saturated rings. The quantitative estimate of drug-likeness (QED) is 0.789. The van der Waals surface area contributed by atoms with E-state index in [0.29, 0.717) is 11.2 Å². The van der Waals surface area contributed by atoms with Crippen LogP contribution in [-0.2, 0) is 0 Å². The van der Waals surface area contributed by atoms with Gasteiger partial charge in [-0.2, -0.15) is 0 Å². The molecule has 16 heavy (non-hydrogen) atoms. The number of hydrogen-bond donors (Lipinski definition) is 1. The summed E-state index contributed by atoms with van der Waals surface area (Å²) < 4.78 is 0. The van der Waals surface area contributed by atoms with E-state index in [1.165, 1.54) is 19.3 Å². The predicted octanol–water partition coefficient (Wildman–Crippen LogP) is 3.97. The van der Waals surface area contributed by atoms with Gasteiger partial charge in [0.1, 0.15) is 5.15 Å². The topological polar surface area (TPSA) is 24.9 Å². The van der Waals surface area contributed by atoms with E-state index in [9.17, 15) is 0 Å². The number of nitrogens with one attached hydrogen (secondary N) is 1. The van der Waals surface area contributed by atoms with E-state index in [1.807, 2.05) is 18.3 Å². The summed E-state index contributed by atoms with van der Waals surface area (Å²) in [5, 5.41) is 4.12. The lowest BCUT2D eigenvalue weighted by Crippen LogP contribution is -2.34. The van der Waals surface area contributed by atoms with Crippen molar-refractivity contribution in [1.82, 2.24) is 4.98 Å². The molecule has 1 N–H and O–H groups in total. The van der Waals surface area contributed by atoms with Crippen LogP contribution in [0, 0.1) is 11.8 Å². The first-order valence-corrected chi connectivity index (χ1v) is 6.42. The van der Waals surface area contributed by atoms with E-state index in [0.717, 1.165) is 17.5 Å². The Morgan fingerprint density at radius 3 is 2.81 bits per heavy atom. The number of rotatable bonds is 2. The molecule has 1 aliphatic rings. The molecule has 0 spiro atoms. The van der Waals surface area contributed by atoms with E-state index in [1.54, 1.807) is 0 Å². The van der Waals surface area contributed by atoms with Crippen molar-refractivity contribution in [2.45, 2.75) is 39.2 Å². The van der Waals surface area contributed by atoms with Crippen LogP contribution in [0.15, 0.2) is 18.3 Å². The molecule has 0 amide bonds. The lowest BCUT2D eigenvalue weighted by molar-refractivity contribution is 0.253. The lowest BCUT2D eigenvalue weighted by Gasteiger charge is -2.35. The molecule has 0 bridgehead atoms. The van der Waals surface area contributed by atoms with Crippen LogP contribution in [0.4, 0.5) is 5.69 Å². The average molecular weight is 239 g/mol. The fraction of sp³-hybridized carbons (Fsp3) is 0.615. The van der Waals surface area contributed by atoms with E-state index >= 15 is 0 Å². The zero-order valence-electron chi connectivity index (χ0n) is 9.91. The van der Waals surface area contributed by atoms with Gasteiger partial charge in [-0.1, -0.05) is 38.3 Å². The van der Waals surface area contributed by atoms with Crippen LogP contribution < -0.4 is 5.32 Å². The second-order valence-electron chi connectivity index (χ2n) is 4.89. The summed E-state index contributed by atoms with van der Waals surface area (Å²) in [6, 6.07) is 4.41. The molecule has 3 atom stereocenters. The van der Waals surface area contributed by atoms with E-state index in [2.05, 4.69) is 24.1 Å². The van der Waals surface area contributed by atoms with E-state index < -0.39 is 0 Å². The minimum atomic E-state index is 0.551. The number of pyridine rings is 1. The maximum atomic E-state index is 5.77. The Kier molecular flexibility index (Phi) is 3.70. The first kappa shape index (κ1) is 11.7. The summed E-state index contributed by atoms with van der Waals surface area (Å²) in [5.74, 6) is 1.54. The molecule has 1 heterocycles. The van der Waals surface area contributed by atoms with Crippen LogP contribution >= 0.6 is 11.6 Å². The van der Waals surface area contributed by atoms with Crippen molar-refractivity contribution in [3.8, 4) is 0 Å². The Bertz CT molecular complexity index is 336. The van der Waals surface area contributed by atoms with Crippen LogP contribution in [-0.4, -0.2) is 11.0 Å². The molecule has 88 valence electrons. The molecule has 3 heteroatoms. The maximum absolute atomic E-state index is 5.77. The zero-order chi connectivity index (χ0) is 11.5. The molecule has 2 nitrogen and oxygen atoms in total. The summed E-state index contributed by atoms with van der Waals surface area (Å²) in [7, 11) is 0. The van der Waals surface area contributed by atoms with Crippen LogP contribution in [0.2, 0.25) is 5.15 Å². The Labute approximate surface area is 102 Å². The third-order valence-corrected chi connectivity index (χ3v) is 4.01. The van der Waals surface area contributed by atoms with Gasteiger partial charge in [-0.15, -0.1) is 0 Å². The fourth-order valence-electron chi connectivity index (χ4n) is 2.46. The van der Waals surface area contributed by atoms with Gasteiger partial charge in [0.2, 0.25) is 0 Å². The van der Waals surface area contributed by atoms with Gasteiger partial charge in [0.05, 0.1) is 11.9 Å². The van der Waals surface area contributed by atoms with Crippen LogP contribution in [0.1, 0.15) is 33.1 Å². The van der Waals surface area contributed by atoms with Crippen molar-refractivity contribution in [2.75, 3.05) is 5.32 Å². The highest BCUT2D eigenvalue weighted by Gasteiger charge is 2.26. The summed E-state index contributed by atoms with van der Waals surface area (Å²) >= 11 is 5.77. The molecular weight excluding hydrogens is 220 g/mol. The van der Waals surface area contributed by atoms with Crippen molar-refractivity contribution in [3.63, 3.8) is 0 Å². The van der Waals surface area contributed by atoms with Gasteiger partial charge >= 0.3 is 0 Å². The summed E-state index contributed by atoms with van der Waals surface area (Å²) in [6.07, 6.45) is 5.75. The second-order valence-corrected chi connectivity index (χ2v) is 5.27. The largest absolute Gasteiger partial charge is 0.381 e. The standard InChI is InChI=1S/C13H19ClN2/c1-9-4-3-5-12(10(9)2)16-11-6-7-13(14)15-8-11/h6-10,12,16H,3-5H2,1-2H3. The Hall–Kier alpha value is -0.760. The Morgan fingerprint density at radius 2 is 2.12 bits per heavy atom. The van der Waals surface area contributed by atoms with E-state index in [4.69, 9.17) is 11.6 Å². The van der Waals surface area contributed by atoms with Gasteiger partial charge in [-0.3, -0.25) is 0 Å². The lowest BCUT2D eigenvalue weighted by atomic mass is 9.78. The van der Waals surface area contributed by atoms with Gasteiger partial charge in [0.25, 0.3) is 0 Å². The molecule has 1 saturated carbocycles. The van der Waals surface area contributed by atoms with Gasteiger partial charge in [-0.25, -0.2) is 4.98 Å². The minimum Gasteiger partial charge on any atom is -0.381 e. The summed E-state index contributed by atoms with van der Waals surface area (Å²) in [4.78, 5) is 4.09. The maximum Gasteiger partial charge on any atom is 0.129 e.